The van der Waals surface area contributed by atoms with Crippen molar-refractivity contribution in [3.05, 3.63) is 65.2 Å². The molecular weight excluding hydrogens is 400 g/mol. The summed E-state index contributed by atoms with van der Waals surface area (Å²) in [4.78, 5) is 28.0. The maximum absolute atomic E-state index is 13.3. The molecule has 0 aromatic heterocycles. The molecule has 0 bridgehead atoms. The lowest BCUT2D eigenvalue weighted by Crippen LogP contribution is -2.49. The summed E-state index contributed by atoms with van der Waals surface area (Å²) in [5.41, 5.74) is 3.37. The van der Waals surface area contributed by atoms with Gasteiger partial charge in [-0.25, -0.2) is 0 Å². The molecule has 2 aromatic rings. The Morgan fingerprint density at radius 1 is 1.00 bits per heavy atom. The van der Waals surface area contributed by atoms with Crippen LogP contribution in [0.15, 0.2) is 48.5 Å². The van der Waals surface area contributed by atoms with Crippen LogP contribution in [-0.2, 0) is 29.0 Å². The molecule has 1 N–H and O–H groups in total. The van der Waals surface area contributed by atoms with E-state index >= 15 is 0 Å². The van der Waals surface area contributed by atoms with E-state index in [1.54, 1.807) is 12.0 Å². The zero-order valence-electron chi connectivity index (χ0n) is 20.0. The number of hydrogen-bond acceptors (Lipinski definition) is 3. The number of carbonyl (C=O) groups is 2. The Morgan fingerprint density at radius 3 is 2.34 bits per heavy atom. The Balaban J connectivity index is 2.17. The summed E-state index contributed by atoms with van der Waals surface area (Å²) >= 11 is 0. The van der Waals surface area contributed by atoms with Gasteiger partial charge in [-0.05, 0) is 54.5 Å². The standard InChI is InChI=1S/C27H38N2O3/c1-5-8-18-28-27(31)25(7-3)29(20-23-10-9-11-24(19-23)32-4)26(30)17-16-22-14-12-21(6-2)13-15-22/h9-15,19,25H,5-8,16-18,20H2,1-4H3,(H,28,31)/t25-/m1/s1. The van der Waals surface area contributed by atoms with Crippen molar-refractivity contribution in [2.24, 2.45) is 0 Å². The second kappa shape index (κ2) is 13.6. The first-order valence-electron chi connectivity index (χ1n) is 11.8. The minimum atomic E-state index is -0.493. The molecule has 2 aromatic carbocycles. The smallest absolute Gasteiger partial charge is 0.242 e. The van der Waals surface area contributed by atoms with Gasteiger partial charge in [0.2, 0.25) is 11.8 Å². The van der Waals surface area contributed by atoms with E-state index in [4.69, 9.17) is 4.74 Å². The van der Waals surface area contributed by atoms with Crippen molar-refractivity contribution in [3.63, 3.8) is 0 Å². The van der Waals surface area contributed by atoms with Crippen molar-refractivity contribution in [1.82, 2.24) is 10.2 Å². The van der Waals surface area contributed by atoms with Crippen molar-refractivity contribution >= 4 is 11.8 Å². The molecule has 5 nitrogen and oxygen atoms in total. The molecule has 0 spiro atoms. The van der Waals surface area contributed by atoms with Gasteiger partial charge < -0.3 is 15.0 Å². The predicted octanol–water partition coefficient (Wildman–Crippen LogP) is 4.91. The van der Waals surface area contributed by atoms with E-state index in [9.17, 15) is 9.59 Å². The number of aryl methyl sites for hydroxylation is 2. The highest BCUT2D eigenvalue weighted by Gasteiger charge is 2.28. The molecule has 174 valence electrons. The van der Waals surface area contributed by atoms with E-state index < -0.39 is 6.04 Å². The highest BCUT2D eigenvalue weighted by molar-refractivity contribution is 5.87. The second-order valence-electron chi connectivity index (χ2n) is 8.11. The van der Waals surface area contributed by atoms with Crippen LogP contribution in [0.25, 0.3) is 0 Å². The lowest BCUT2D eigenvalue weighted by molar-refractivity contribution is -0.141. The van der Waals surface area contributed by atoms with E-state index in [1.807, 2.05) is 31.2 Å². The minimum absolute atomic E-state index is 0.00937. The van der Waals surface area contributed by atoms with Crippen LogP contribution >= 0.6 is 0 Å². The first kappa shape index (κ1) is 25.4. The van der Waals surface area contributed by atoms with Crippen LogP contribution < -0.4 is 10.1 Å². The normalized spacial score (nSPS) is 11.6. The molecule has 0 aliphatic carbocycles. The van der Waals surface area contributed by atoms with E-state index in [1.165, 1.54) is 5.56 Å². The molecule has 0 aliphatic rings. The van der Waals surface area contributed by atoms with E-state index in [2.05, 4.69) is 43.4 Å². The van der Waals surface area contributed by atoms with Gasteiger partial charge in [-0.1, -0.05) is 63.6 Å². The molecule has 0 unspecified atom stereocenters. The number of amides is 2. The van der Waals surface area contributed by atoms with Gasteiger partial charge >= 0.3 is 0 Å². The van der Waals surface area contributed by atoms with Crippen molar-refractivity contribution in [2.45, 2.75) is 71.9 Å². The fourth-order valence-corrected chi connectivity index (χ4v) is 3.73. The molecule has 32 heavy (non-hydrogen) atoms. The fourth-order valence-electron chi connectivity index (χ4n) is 3.73. The van der Waals surface area contributed by atoms with Crippen molar-refractivity contribution < 1.29 is 14.3 Å². The highest BCUT2D eigenvalue weighted by atomic mass is 16.5. The summed E-state index contributed by atoms with van der Waals surface area (Å²) in [6.45, 7) is 7.20. The molecule has 5 heteroatoms. The summed E-state index contributed by atoms with van der Waals surface area (Å²) in [7, 11) is 1.63. The Hall–Kier alpha value is -2.82. The van der Waals surface area contributed by atoms with Crippen LogP contribution in [-0.4, -0.2) is 36.4 Å². The van der Waals surface area contributed by atoms with Crippen LogP contribution in [0.1, 0.15) is 63.1 Å². The monoisotopic (exact) mass is 438 g/mol. The largest absolute Gasteiger partial charge is 0.497 e. The van der Waals surface area contributed by atoms with Gasteiger partial charge in [0.1, 0.15) is 11.8 Å². The van der Waals surface area contributed by atoms with Gasteiger partial charge in [-0.15, -0.1) is 0 Å². The van der Waals surface area contributed by atoms with Gasteiger partial charge in [0, 0.05) is 19.5 Å². The van der Waals surface area contributed by atoms with E-state index in [0.717, 1.165) is 36.1 Å². The number of hydrogen-bond donors (Lipinski definition) is 1. The Morgan fingerprint density at radius 2 is 1.72 bits per heavy atom. The molecule has 0 radical (unpaired) electrons. The number of carbonyl (C=O) groups excluding carboxylic acids is 2. The number of rotatable bonds is 13. The van der Waals surface area contributed by atoms with Gasteiger partial charge in [-0.3, -0.25) is 9.59 Å². The third-order valence-corrected chi connectivity index (χ3v) is 5.76. The summed E-state index contributed by atoms with van der Waals surface area (Å²) in [5, 5.41) is 3.01. The number of benzene rings is 2. The Labute approximate surface area is 193 Å². The first-order chi connectivity index (χ1) is 15.5. The Bertz CT molecular complexity index is 848. The third kappa shape index (κ3) is 7.70. The number of nitrogens with zero attached hydrogens (tertiary/aromatic N) is 1. The van der Waals surface area contributed by atoms with Crippen LogP contribution in [0.3, 0.4) is 0 Å². The van der Waals surface area contributed by atoms with Crippen molar-refractivity contribution in [3.8, 4) is 5.75 Å². The predicted molar refractivity (Wildman–Crippen MR) is 130 cm³/mol. The lowest BCUT2D eigenvalue weighted by atomic mass is 10.0. The number of ether oxygens (including phenoxy) is 1. The van der Waals surface area contributed by atoms with Gasteiger partial charge in [0.15, 0.2) is 0 Å². The van der Waals surface area contributed by atoms with Crippen LogP contribution in [0.2, 0.25) is 0 Å². The SMILES string of the molecule is CCCCNC(=O)[C@@H](CC)N(Cc1cccc(OC)c1)C(=O)CCc1ccc(CC)cc1. The molecule has 0 aliphatic heterocycles. The van der Waals surface area contributed by atoms with E-state index in [0.29, 0.717) is 32.4 Å². The minimum Gasteiger partial charge on any atom is -0.497 e. The maximum Gasteiger partial charge on any atom is 0.242 e. The summed E-state index contributed by atoms with van der Waals surface area (Å²) in [5.74, 6) is 0.653. The van der Waals surface area contributed by atoms with Gasteiger partial charge in [0.25, 0.3) is 0 Å². The first-order valence-corrected chi connectivity index (χ1v) is 11.8. The average Bonchev–Trinajstić information content (AvgIpc) is 2.83. The van der Waals surface area contributed by atoms with Crippen LogP contribution in [0.5, 0.6) is 5.75 Å². The molecule has 2 rings (SSSR count). The molecular formula is C27H38N2O3. The number of methoxy groups -OCH3 is 1. The van der Waals surface area contributed by atoms with Crippen molar-refractivity contribution in [1.29, 1.82) is 0 Å². The molecule has 0 saturated heterocycles. The fraction of sp³-hybridized carbons (Fsp3) is 0.481. The summed E-state index contributed by atoms with van der Waals surface area (Å²) < 4.78 is 5.34. The maximum atomic E-state index is 13.3. The van der Waals surface area contributed by atoms with Gasteiger partial charge in [-0.2, -0.15) is 0 Å². The number of nitrogens with one attached hydrogen (secondary N) is 1. The van der Waals surface area contributed by atoms with Crippen LogP contribution in [0.4, 0.5) is 0 Å². The molecule has 0 fully saturated rings. The molecule has 0 heterocycles. The Kier molecular flexibility index (Phi) is 10.8. The van der Waals surface area contributed by atoms with Gasteiger partial charge in [0.05, 0.1) is 7.11 Å². The van der Waals surface area contributed by atoms with Crippen molar-refractivity contribution in [2.75, 3.05) is 13.7 Å². The van der Waals surface area contributed by atoms with E-state index in [-0.39, 0.29) is 11.8 Å². The third-order valence-electron chi connectivity index (χ3n) is 5.76. The second-order valence-corrected chi connectivity index (χ2v) is 8.11. The summed E-state index contributed by atoms with van der Waals surface area (Å²) in [6, 6.07) is 15.6. The summed E-state index contributed by atoms with van der Waals surface area (Å²) in [6.07, 6.45) is 4.54. The van der Waals surface area contributed by atoms with Crippen LogP contribution in [0, 0.1) is 0 Å². The molecule has 0 saturated carbocycles. The topological polar surface area (TPSA) is 58.6 Å². The molecule has 1 atom stereocenters. The average molecular weight is 439 g/mol. The lowest BCUT2D eigenvalue weighted by Gasteiger charge is -2.31. The highest BCUT2D eigenvalue weighted by Crippen LogP contribution is 2.19. The number of unbranched alkanes of at least 4 members (excludes halogenated alkanes) is 1. The zero-order valence-corrected chi connectivity index (χ0v) is 20.0. The zero-order chi connectivity index (χ0) is 23.3. The quantitative estimate of drug-likeness (QED) is 0.452. The molecule has 2 amide bonds.